The number of nitrogens with one attached hydrogen (secondary N) is 4. The van der Waals surface area contributed by atoms with Crippen LogP contribution in [0.25, 0.3) is 16.0 Å². The number of carbonyl (C=O) groups is 12. The van der Waals surface area contributed by atoms with E-state index in [0.717, 1.165) is 52.0 Å². The van der Waals surface area contributed by atoms with Gasteiger partial charge in [0.2, 0.25) is 29.5 Å². The predicted molar refractivity (Wildman–Crippen MR) is 385 cm³/mol. The minimum atomic E-state index is -1.65. The zero-order chi connectivity index (χ0) is 74.8. The number of unbranched alkanes of at least 4 members (excludes halogenated alkanes) is 2. The number of carboxylic acids is 1. The first kappa shape index (κ1) is 81.0. The second kappa shape index (κ2) is 39.9. The van der Waals surface area contributed by atoms with E-state index in [0.29, 0.717) is 55.0 Å². The molecule has 3 fully saturated rings. The van der Waals surface area contributed by atoms with Crippen molar-refractivity contribution >= 4 is 94.2 Å². The first-order valence-corrected chi connectivity index (χ1v) is 37.0. The normalized spacial score (nSPS) is 17.7. The first-order valence-electron chi connectivity index (χ1n) is 35.8. The van der Waals surface area contributed by atoms with Crippen molar-refractivity contribution in [2.75, 3.05) is 37.9 Å². The molecule has 8 amide bonds. The lowest BCUT2D eigenvalue weighted by Gasteiger charge is -2.29. The highest BCUT2D eigenvalue weighted by Crippen LogP contribution is 2.33. The summed E-state index contributed by atoms with van der Waals surface area (Å²) < 4.78 is 16.9. The predicted octanol–water partition coefficient (Wildman–Crippen LogP) is 9.60. The van der Waals surface area contributed by atoms with E-state index in [1.807, 2.05) is 61.5 Å². The van der Waals surface area contributed by atoms with Crippen molar-refractivity contribution in [3.8, 4) is 0 Å². The second-order valence-corrected chi connectivity index (χ2v) is 29.8. The number of hydrogen-bond acceptors (Lipinski definition) is 17. The number of Topliss-reactive ketones (excluding diaryl/α,β-unsaturated/α-hetero) is 2. The smallest absolute Gasteiger partial charge is 0.411 e. The largest absolute Gasteiger partial charge is 0.481 e. The number of nitrogens with zero attached hydrogens (tertiary/aromatic N) is 6. The van der Waals surface area contributed by atoms with E-state index < -0.39 is 139 Å². The molecule has 8 atom stereocenters. The van der Waals surface area contributed by atoms with Crippen LogP contribution in [-0.2, 0) is 81.8 Å². The van der Waals surface area contributed by atoms with Gasteiger partial charge in [0.15, 0.2) is 18.2 Å². The van der Waals surface area contributed by atoms with Gasteiger partial charge in [-0.25, -0.2) is 14.4 Å². The lowest BCUT2D eigenvalue weighted by Crippen LogP contribution is -2.54. The molecule has 0 aromatic heterocycles. The fourth-order valence-corrected chi connectivity index (χ4v) is 14.4. The molecule has 3 heterocycles. The molecule has 7 rings (SSSR count). The lowest BCUT2D eigenvalue weighted by atomic mass is 9.86. The number of thioether (sulfide) groups is 1. The summed E-state index contributed by atoms with van der Waals surface area (Å²) in [7, 11) is 0. The van der Waals surface area contributed by atoms with E-state index in [-0.39, 0.29) is 102 Å². The minimum absolute atomic E-state index is 0.00572. The zero-order valence-corrected chi connectivity index (χ0v) is 60.8. The highest BCUT2D eigenvalue weighted by atomic mass is 32.2. The maximum Gasteiger partial charge on any atom is 0.411 e. The number of ketones is 2. The number of primary amides is 1. The highest BCUT2D eigenvalue weighted by Gasteiger charge is 2.42. The molecule has 0 saturated carbocycles. The van der Waals surface area contributed by atoms with E-state index in [4.69, 9.17) is 25.5 Å². The third-order valence-corrected chi connectivity index (χ3v) is 20.1. The molecule has 28 heteroatoms. The number of carboxylic acid groups (broad SMARTS) is 1. The van der Waals surface area contributed by atoms with E-state index >= 15 is 0 Å². The van der Waals surface area contributed by atoms with Crippen molar-refractivity contribution in [1.29, 1.82) is 0 Å². The molecule has 7 N–H and O–H groups in total. The summed E-state index contributed by atoms with van der Waals surface area (Å²) in [5.41, 5.74) is 19.7. The Hall–Kier alpha value is -9.30. The maximum absolute atomic E-state index is 14.9. The van der Waals surface area contributed by atoms with Gasteiger partial charge in [0.05, 0.1) is 24.4 Å². The molecule has 27 nitrogen and oxygen atoms in total. The van der Waals surface area contributed by atoms with Crippen molar-refractivity contribution in [2.45, 2.75) is 213 Å². The fourth-order valence-electron chi connectivity index (χ4n) is 13.3. The average molecular weight is 1440 g/mol. The molecule has 3 saturated heterocycles. The second-order valence-electron chi connectivity index (χ2n) is 28.8. The number of carbonyl (C=O) groups excluding carboxylic acids is 11. The Bertz CT molecular complexity index is 3570. The van der Waals surface area contributed by atoms with Gasteiger partial charge in [0.25, 0.3) is 5.91 Å². The molecule has 0 bridgehead atoms. The molecule has 1 unspecified atom stereocenters. The van der Waals surface area contributed by atoms with E-state index in [2.05, 4.69) is 65.9 Å². The zero-order valence-electron chi connectivity index (χ0n) is 60.0. The number of ether oxygens (including phenoxy) is 3. The molecular weight excluding hydrogens is 1340 g/mol. The van der Waals surface area contributed by atoms with Crippen molar-refractivity contribution in [2.24, 2.45) is 34.0 Å². The molecule has 3 aromatic carbocycles. The number of fused-ring (bicyclic) bond motifs is 1. The fraction of sp³-hybridized carbons (Fsp3) is 0.573. The summed E-state index contributed by atoms with van der Waals surface area (Å²) in [5.74, 6) is -8.82. The Balaban J connectivity index is 1.04. The van der Waals surface area contributed by atoms with Crippen LogP contribution < -0.4 is 27.0 Å². The number of esters is 1. The van der Waals surface area contributed by atoms with Gasteiger partial charge in [-0.3, -0.25) is 48.1 Å². The summed E-state index contributed by atoms with van der Waals surface area (Å²) in [5, 5.41) is 24.6. The van der Waals surface area contributed by atoms with Gasteiger partial charge in [-0.15, -0.1) is 11.8 Å². The molecule has 0 spiro atoms. The maximum atomic E-state index is 14.9. The third-order valence-electron chi connectivity index (χ3n) is 19.1. The van der Waals surface area contributed by atoms with Gasteiger partial charge >= 0.3 is 24.1 Å². The number of amides is 8. The number of allylic oxidation sites excluding steroid dienone is 1. The Morgan fingerprint density at radius 3 is 2.00 bits per heavy atom. The molecule has 3 aromatic rings. The van der Waals surface area contributed by atoms with Gasteiger partial charge in [0.1, 0.15) is 37.4 Å². The third kappa shape index (κ3) is 25.6. The Morgan fingerprint density at radius 1 is 0.699 bits per heavy atom. The van der Waals surface area contributed by atoms with Crippen molar-refractivity contribution in [3.05, 3.63) is 117 Å². The van der Waals surface area contributed by atoms with Crippen molar-refractivity contribution in [1.82, 2.24) is 36.0 Å². The van der Waals surface area contributed by atoms with Crippen LogP contribution in [0.15, 0.2) is 84.0 Å². The molecular formula is C75H101N11O16S. The number of azide groups is 1. The summed E-state index contributed by atoms with van der Waals surface area (Å²) in [6.07, 6.45) is 4.97. The van der Waals surface area contributed by atoms with Crippen LogP contribution in [0.5, 0.6) is 0 Å². The van der Waals surface area contributed by atoms with Gasteiger partial charge in [-0.2, -0.15) is 0 Å². The molecule has 558 valence electrons. The molecule has 103 heavy (non-hydrogen) atoms. The number of alkyl carbamates (subject to hydrolysis) is 1. The van der Waals surface area contributed by atoms with Crippen molar-refractivity contribution < 1.29 is 76.9 Å². The highest BCUT2D eigenvalue weighted by molar-refractivity contribution is 7.99. The van der Waals surface area contributed by atoms with Gasteiger partial charge in [-0.05, 0) is 116 Å². The monoisotopic (exact) mass is 1440 g/mol. The van der Waals surface area contributed by atoms with Gasteiger partial charge in [0, 0.05) is 67.1 Å². The van der Waals surface area contributed by atoms with Crippen LogP contribution in [0, 0.1) is 30.1 Å². The summed E-state index contributed by atoms with van der Waals surface area (Å²) >= 11 is 1.39. The summed E-state index contributed by atoms with van der Waals surface area (Å²) in [6.45, 7) is 11.6. The molecule has 4 aliphatic rings. The standard InChI is InChI=1S/C75H101N11O16S/c1-47(2)16-7-8-18-53(39-63(87)57(21-13-34-75(4,5)6)81-73(98)101-42-50-28-32-55(33-29-50)82-83-77)69(94)80-59(38-52-31-30-51-17-9-10-20-56(51)52)72(97)100-44-65(89)84-36-14-22-60(84)64(88)40-54(68(93)79-58(41-66(90)91)71(96)85-37-15-23-61(85)67(76)92)19-11-12-35-78-70(95)62-45-103-46-86(62)74(99)102-43-49-26-24-48(3)25-27-49/h9-10,17,20,24-29,31-33,47,53-54,57-62H,7-8,11-16,18-19,21-23,30,34-46H2,1-6H3,(H2,76,92)(H,78,95)(H,79,93)(H,80,94)(H,81,98)(H,90,91)/t53-,54-,57+,58+,59+,60+,61+,62?/m1/s1. The van der Waals surface area contributed by atoms with Crippen LogP contribution in [0.1, 0.15) is 178 Å². The Morgan fingerprint density at radius 2 is 1.33 bits per heavy atom. The summed E-state index contributed by atoms with van der Waals surface area (Å²) in [4.78, 5) is 173. The Kier molecular flexibility index (Phi) is 31.4. The average Bonchev–Trinajstić information content (AvgIpc) is 1.74. The van der Waals surface area contributed by atoms with Gasteiger partial charge < -0.3 is 56.1 Å². The quantitative estimate of drug-likeness (QED) is 0.00772. The van der Waals surface area contributed by atoms with Crippen LogP contribution >= 0.6 is 11.8 Å². The number of hydrogen-bond donors (Lipinski definition) is 6. The minimum Gasteiger partial charge on any atom is -0.481 e. The lowest BCUT2D eigenvalue weighted by molar-refractivity contribution is -0.155. The van der Waals surface area contributed by atoms with Crippen molar-refractivity contribution in [3.63, 3.8) is 0 Å². The number of aliphatic carboxylic acids is 1. The first-order chi connectivity index (χ1) is 49.2. The molecule has 0 radical (unpaired) electrons. The van der Waals surface area contributed by atoms with Crippen LogP contribution in [0.4, 0.5) is 15.3 Å². The number of rotatable bonds is 39. The molecule has 1 aliphatic carbocycles. The number of aryl methyl sites for hydroxylation is 1. The summed E-state index contributed by atoms with van der Waals surface area (Å²) in [6, 6.07) is 14.5. The number of likely N-dealkylation sites (tertiary alicyclic amines) is 2. The van der Waals surface area contributed by atoms with Gasteiger partial charge in [-0.1, -0.05) is 156 Å². The SMILES string of the molecule is Cc1ccc(COC(=O)N2CSCC2C(=O)NCCCC[C@H](CC(=O)[C@@H]2CCCN2C(=O)COC(=O)[C@H](CC2=CCc3ccccc32)NC(=O)[C@H](CCCCC(C)C)CC(=O)[C@H](CCCC(C)(C)C)NC(=O)OCc2ccc(N=[N+]=[N-])cc2)C(=O)N[C@@H](CC(=O)O)C(=O)N2CCC[C@H]2C(N)=O)cc1. The number of benzene rings is 3. The number of nitrogens with two attached hydrogens (primary N) is 1. The topological polar surface area (TPSA) is 385 Å². The van der Waals surface area contributed by atoms with E-state index in [1.165, 1.54) is 21.6 Å². The Labute approximate surface area is 606 Å². The van der Waals surface area contributed by atoms with Crippen LogP contribution in [-0.4, -0.2) is 165 Å². The van der Waals surface area contributed by atoms with Crippen LogP contribution in [0.3, 0.4) is 0 Å². The van der Waals surface area contributed by atoms with E-state index in [9.17, 15) is 62.6 Å². The van der Waals surface area contributed by atoms with E-state index in [1.54, 1.807) is 24.3 Å². The van der Waals surface area contributed by atoms with Crippen LogP contribution in [0.2, 0.25) is 0 Å². The molecule has 3 aliphatic heterocycles.